The predicted molar refractivity (Wildman–Crippen MR) is 75.1 cm³/mol. The van der Waals surface area contributed by atoms with E-state index in [1.165, 1.54) is 11.1 Å². The van der Waals surface area contributed by atoms with E-state index in [1.807, 2.05) is 30.9 Å². The second kappa shape index (κ2) is 7.17. The third-order valence-electron chi connectivity index (χ3n) is 3.44. The van der Waals surface area contributed by atoms with Crippen molar-refractivity contribution in [1.29, 1.82) is 0 Å². The van der Waals surface area contributed by atoms with Gasteiger partial charge in [-0.2, -0.15) is 0 Å². The van der Waals surface area contributed by atoms with Crippen molar-refractivity contribution in [3.8, 4) is 0 Å². The maximum Gasteiger partial charge on any atom is 0.227 e. The molecule has 3 heteroatoms. The Labute approximate surface area is 110 Å². The highest BCUT2D eigenvalue weighted by Crippen LogP contribution is 2.13. The molecule has 0 radical (unpaired) electrons. The Kier molecular flexibility index (Phi) is 5.86. The average Bonchev–Trinajstić information content (AvgIpc) is 2.39. The molecule has 1 unspecified atom stereocenters. The number of aryl methyl sites for hydroxylation is 1. The van der Waals surface area contributed by atoms with Crippen LogP contribution in [0, 0.1) is 12.8 Å². The van der Waals surface area contributed by atoms with Crippen molar-refractivity contribution in [2.24, 2.45) is 11.7 Å². The van der Waals surface area contributed by atoms with Crippen molar-refractivity contribution >= 4 is 5.91 Å². The lowest BCUT2D eigenvalue weighted by atomic mass is 10.0. The van der Waals surface area contributed by atoms with Gasteiger partial charge in [0.25, 0.3) is 0 Å². The largest absolute Gasteiger partial charge is 0.338 e. The van der Waals surface area contributed by atoms with Gasteiger partial charge in [-0.05, 0) is 31.4 Å². The second-order valence-electron chi connectivity index (χ2n) is 4.62. The van der Waals surface area contributed by atoms with Gasteiger partial charge in [-0.1, -0.05) is 31.2 Å². The third-order valence-corrected chi connectivity index (χ3v) is 3.44. The van der Waals surface area contributed by atoms with Gasteiger partial charge in [-0.3, -0.25) is 4.79 Å². The number of hydrogen-bond acceptors (Lipinski definition) is 2. The van der Waals surface area contributed by atoms with Crippen LogP contribution in [0.2, 0.25) is 0 Å². The molecule has 0 aromatic heterocycles. The molecule has 3 nitrogen and oxygen atoms in total. The second-order valence-corrected chi connectivity index (χ2v) is 4.62. The van der Waals surface area contributed by atoms with Crippen molar-refractivity contribution < 1.29 is 4.79 Å². The van der Waals surface area contributed by atoms with Gasteiger partial charge in [0, 0.05) is 19.6 Å². The summed E-state index contributed by atoms with van der Waals surface area (Å²) < 4.78 is 0. The zero-order valence-electron chi connectivity index (χ0n) is 11.6. The summed E-state index contributed by atoms with van der Waals surface area (Å²) >= 11 is 0. The number of rotatable bonds is 6. The van der Waals surface area contributed by atoms with E-state index in [2.05, 4.69) is 19.1 Å². The number of nitrogens with zero attached hydrogens (tertiary/aromatic N) is 1. The Hall–Kier alpha value is -1.35. The van der Waals surface area contributed by atoms with Crippen molar-refractivity contribution in [3.05, 3.63) is 35.4 Å². The van der Waals surface area contributed by atoms with Crippen LogP contribution < -0.4 is 5.73 Å². The smallest absolute Gasteiger partial charge is 0.227 e. The summed E-state index contributed by atoms with van der Waals surface area (Å²) in [5.41, 5.74) is 8.09. The lowest BCUT2D eigenvalue weighted by Crippen LogP contribution is -2.38. The molecule has 1 aromatic carbocycles. The minimum absolute atomic E-state index is 0.0473. The number of carbonyl (C=O) groups is 1. The van der Waals surface area contributed by atoms with Crippen LogP contribution in [-0.2, 0) is 11.3 Å². The molecule has 1 atom stereocenters. The quantitative estimate of drug-likeness (QED) is 0.840. The van der Waals surface area contributed by atoms with Gasteiger partial charge in [-0.15, -0.1) is 0 Å². The summed E-state index contributed by atoms with van der Waals surface area (Å²) in [5, 5.41) is 0. The highest BCUT2D eigenvalue weighted by Gasteiger charge is 2.20. The molecule has 1 rings (SSSR count). The number of nitrogens with two attached hydrogens (primary N) is 1. The van der Waals surface area contributed by atoms with E-state index in [4.69, 9.17) is 5.73 Å². The van der Waals surface area contributed by atoms with Crippen LogP contribution >= 0.6 is 0 Å². The molecule has 1 aromatic rings. The molecular formula is C15H24N2O. The minimum Gasteiger partial charge on any atom is -0.338 e. The van der Waals surface area contributed by atoms with Gasteiger partial charge in [0.1, 0.15) is 0 Å². The Balaban J connectivity index is 2.79. The van der Waals surface area contributed by atoms with E-state index >= 15 is 0 Å². The van der Waals surface area contributed by atoms with Crippen LogP contribution in [0.3, 0.4) is 0 Å². The van der Waals surface area contributed by atoms with E-state index in [-0.39, 0.29) is 11.8 Å². The van der Waals surface area contributed by atoms with E-state index in [0.29, 0.717) is 13.1 Å². The Morgan fingerprint density at radius 3 is 2.50 bits per heavy atom. The zero-order chi connectivity index (χ0) is 13.5. The van der Waals surface area contributed by atoms with Crippen molar-refractivity contribution in [1.82, 2.24) is 4.90 Å². The van der Waals surface area contributed by atoms with Crippen LogP contribution in [-0.4, -0.2) is 23.9 Å². The maximum atomic E-state index is 12.3. The van der Waals surface area contributed by atoms with Gasteiger partial charge in [-0.25, -0.2) is 0 Å². The van der Waals surface area contributed by atoms with Crippen molar-refractivity contribution in [3.63, 3.8) is 0 Å². The number of hydrogen-bond donors (Lipinski definition) is 1. The highest BCUT2D eigenvalue weighted by molar-refractivity contribution is 5.79. The summed E-state index contributed by atoms with van der Waals surface area (Å²) in [7, 11) is 0. The molecule has 0 saturated carbocycles. The van der Waals surface area contributed by atoms with Crippen LogP contribution in [0.5, 0.6) is 0 Å². The van der Waals surface area contributed by atoms with E-state index in [9.17, 15) is 4.79 Å². The van der Waals surface area contributed by atoms with Crippen LogP contribution in [0.4, 0.5) is 0 Å². The van der Waals surface area contributed by atoms with E-state index in [1.54, 1.807) is 0 Å². The van der Waals surface area contributed by atoms with Crippen LogP contribution in [0.1, 0.15) is 31.4 Å². The number of carbonyl (C=O) groups excluding carboxylic acids is 1. The molecule has 0 spiro atoms. The molecule has 0 aliphatic rings. The average molecular weight is 248 g/mol. The normalized spacial score (nSPS) is 12.2. The first kappa shape index (κ1) is 14.7. The van der Waals surface area contributed by atoms with Crippen LogP contribution in [0.15, 0.2) is 24.3 Å². The van der Waals surface area contributed by atoms with Crippen LogP contribution in [0.25, 0.3) is 0 Å². The molecule has 18 heavy (non-hydrogen) atoms. The fourth-order valence-corrected chi connectivity index (χ4v) is 2.04. The molecule has 0 aliphatic carbocycles. The van der Waals surface area contributed by atoms with Crippen molar-refractivity contribution in [2.75, 3.05) is 13.1 Å². The highest BCUT2D eigenvalue weighted by atomic mass is 16.2. The lowest BCUT2D eigenvalue weighted by molar-refractivity contribution is -0.135. The molecule has 0 heterocycles. The molecular weight excluding hydrogens is 224 g/mol. The molecule has 0 saturated heterocycles. The lowest BCUT2D eigenvalue weighted by Gasteiger charge is -2.25. The van der Waals surface area contributed by atoms with Gasteiger partial charge < -0.3 is 10.6 Å². The summed E-state index contributed by atoms with van der Waals surface area (Å²) in [6.45, 7) is 7.94. The predicted octanol–water partition coefficient (Wildman–Crippen LogP) is 2.33. The first-order valence-corrected chi connectivity index (χ1v) is 6.67. The topological polar surface area (TPSA) is 46.3 Å². The van der Waals surface area contributed by atoms with E-state index in [0.717, 1.165) is 13.0 Å². The standard InChI is InChI=1S/C15H24N2O/c1-4-13(10-16)15(18)17(5-2)11-14-9-7-6-8-12(14)3/h6-9,13H,4-5,10-11,16H2,1-3H3. The third kappa shape index (κ3) is 3.57. The number of benzene rings is 1. The zero-order valence-corrected chi connectivity index (χ0v) is 11.6. The fourth-order valence-electron chi connectivity index (χ4n) is 2.04. The monoisotopic (exact) mass is 248 g/mol. The summed E-state index contributed by atoms with van der Waals surface area (Å²) in [6.07, 6.45) is 0.805. The van der Waals surface area contributed by atoms with Gasteiger partial charge in [0.2, 0.25) is 5.91 Å². The molecule has 100 valence electrons. The summed E-state index contributed by atoms with van der Waals surface area (Å²) in [5.74, 6) is 0.125. The Morgan fingerprint density at radius 2 is 2.00 bits per heavy atom. The Bertz CT molecular complexity index is 386. The molecule has 0 fully saturated rings. The fraction of sp³-hybridized carbons (Fsp3) is 0.533. The molecule has 2 N–H and O–H groups in total. The first-order valence-electron chi connectivity index (χ1n) is 6.67. The van der Waals surface area contributed by atoms with Gasteiger partial charge >= 0.3 is 0 Å². The van der Waals surface area contributed by atoms with E-state index < -0.39 is 0 Å². The Morgan fingerprint density at radius 1 is 1.33 bits per heavy atom. The van der Waals surface area contributed by atoms with Crippen molar-refractivity contribution in [2.45, 2.75) is 33.7 Å². The summed E-state index contributed by atoms with van der Waals surface area (Å²) in [6, 6.07) is 8.19. The minimum atomic E-state index is -0.0473. The maximum absolute atomic E-state index is 12.3. The van der Waals surface area contributed by atoms with Gasteiger partial charge in [0.15, 0.2) is 0 Å². The first-order chi connectivity index (χ1) is 8.63. The molecule has 0 aliphatic heterocycles. The summed E-state index contributed by atoms with van der Waals surface area (Å²) in [4.78, 5) is 14.2. The molecule has 0 bridgehead atoms. The number of amides is 1. The SMILES string of the molecule is CCC(CN)C(=O)N(CC)Cc1ccccc1C. The van der Waals surface area contributed by atoms with Gasteiger partial charge in [0.05, 0.1) is 5.92 Å². The molecule has 1 amide bonds.